The zero-order valence-electron chi connectivity index (χ0n) is 16.5. The van der Waals surface area contributed by atoms with Crippen molar-refractivity contribution in [2.45, 2.75) is 35.9 Å². The molecule has 0 saturated carbocycles. The summed E-state index contributed by atoms with van der Waals surface area (Å²) in [7, 11) is 0. The van der Waals surface area contributed by atoms with E-state index in [9.17, 15) is 70.2 Å². The molecule has 2 aromatic rings. The van der Waals surface area contributed by atoms with E-state index in [4.69, 9.17) is 0 Å². The molecule has 0 radical (unpaired) electrons. The molecule has 0 bridgehead atoms. The highest BCUT2D eigenvalue weighted by Crippen LogP contribution is 2.60. The third-order valence-corrected chi connectivity index (χ3v) is 5.46. The molecule has 0 aliphatic carbocycles. The molecule has 0 amide bonds. The summed E-state index contributed by atoms with van der Waals surface area (Å²) < 4.78 is 224. The highest BCUT2D eigenvalue weighted by Gasteiger charge is 2.82. The zero-order chi connectivity index (χ0) is 29.2. The Bertz CT molecular complexity index is 1060. The molecule has 2 atom stereocenters. The Morgan fingerprint density at radius 1 is 0.459 bits per heavy atom. The molecule has 37 heavy (non-hydrogen) atoms. The largest absolute Gasteiger partial charge is 0.435 e. The van der Waals surface area contributed by atoms with Crippen LogP contribution in [-0.2, 0) is 16.1 Å². The topological polar surface area (TPSA) is 9.23 Å². The van der Waals surface area contributed by atoms with Gasteiger partial charge in [0.25, 0.3) is 0 Å². The Balaban J connectivity index is 2.87. The van der Waals surface area contributed by atoms with E-state index < -0.39 is 79.2 Å². The van der Waals surface area contributed by atoms with E-state index in [2.05, 4.69) is 36.6 Å². The minimum Gasteiger partial charge on any atom is -0.249 e. The number of benzene rings is 2. The molecule has 0 aliphatic heterocycles. The maximum atomic E-state index is 14.9. The fourth-order valence-electron chi connectivity index (χ4n) is 2.95. The van der Waals surface area contributed by atoms with Crippen LogP contribution in [0.2, 0.25) is 0 Å². The third kappa shape index (κ3) is 5.02. The Morgan fingerprint density at radius 3 is 0.865 bits per heavy atom. The van der Waals surface area contributed by atoms with Crippen LogP contribution in [0.5, 0.6) is 0 Å². The first-order valence-corrected chi connectivity index (χ1v) is 10.2. The average Bonchev–Trinajstić information content (AvgIpc) is 2.63. The summed E-state index contributed by atoms with van der Waals surface area (Å²) in [6.45, 7) is 0. The van der Waals surface area contributed by atoms with Gasteiger partial charge in [0.2, 0.25) is 0 Å². The van der Waals surface area contributed by atoms with Crippen LogP contribution in [0.4, 0.5) is 70.2 Å². The second-order valence-corrected chi connectivity index (χ2v) is 8.77. The van der Waals surface area contributed by atoms with Gasteiger partial charge in [-0.25, -0.2) is 31.1 Å². The summed E-state index contributed by atoms with van der Waals surface area (Å²) in [5.41, 5.74) is -20.9. The fourth-order valence-corrected chi connectivity index (χ4v) is 3.75. The second kappa shape index (κ2) is 9.46. The van der Waals surface area contributed by atoms with E-state index in [0.717, 1.165) is 0 Å². The van der Waals surface area contributed by atoms with Crippen molar-refractivity contribution in [2.24, 2.45) is 0 Å². The summed E-state index contributed by atoms with van der Waals surface area (Å²) >= 11 is 4.57. The fraction of sp³-hybridized carbons (Fsp3) is 0.333. The van der Waals surface area contributed by atoms with Gasteiger partial charge in [-0.15, -0.1) is 0 Å². The Kier molecular flexibility index (Phi) is 8.04. The molecule has 1 nitrogen and oxygen atoms in total. The SMILES string of the molecule is Fc1cc(Br)cc(F)c1[C@](F)(C(F)(F)F)C(F)(F)OC(F)(F)[C@](F)(c1c(F)cc(Br)cc1F)C(F)(F)F. The lowest BCUT2D eigenvalue weighted by molar-refractivity contribution is -0.490. The molecule has 208 valence electrons. The van der Waals surface area contributed by atoms with Crippen molar-refractivity contribution in [3.63, 3.8) is 0 Å². The van der Waals surface area contributed by atoms with Crippen LogP contribution in [0.25, 0.3) is 0 Å². The number of halogens is 18. The number of alkyl halides is 12. The van der Waals surface area contributed by atoms with Crippen LogP contribution in [0.15, 0.2) is 33.2 Å². The second-order valence-electron chi connectivity index (χ2n) is 6.94. The van der Waals surface area contributed by atoms with E-state index in [-0.39, 0.29) is 24.3 Å². The van der Waals surface area contributed by atoms with Crippen molar-refractivity contribution in [1.82, 2.24) is 0 Å². The Hall–Kier alpha value is -1.76. The number of ether oxygens (including phenoxy) is 1. The van der Waals surface area contributed by atoms with Gasteiger partial charge in [0.05, 0.1) is 11.1 Å². The van der Waals surface area contributed by atoms with E-state index >= 15 is 0 Å². The third-order valence-electron chi connectivity index (χ3n) is 4.54. The van der Waals surface area contributed by atoms with Crippen molar-refractivity contribution >= 4 is 31.9 Å². The van der Waals surface area contributed by atoms with Crippen LogP contribution in [0.3, 0.4) is 0 Å². The maximum Gasteiger partial charge on any atom is 0.435 e. The Labute approximate surface area is 210 Å². The summed E-state index contributed by atoms with van der Waals surface area (Å²) in [6.07, 6.45) is -29.7. The molecule has 0 N–H and O–H groups in total. The number of hydrogen-bond acceptors (Lipinski definition) is 1. The predicted molar refractivity (Wildman–Crippen MR) is 96.8 cm³/mol. The van der Waals surface area contributed by atoms with Gasteiger partial charge in [-0.05, 0) is 24.3 Å². The lowest BCUT2D eigenvalue weighted by Crippen LogP contribution is -2.62. The zero-order valence-corrected chi connectivity index (χ0v) is 19.7. The van der Waals surface area contributed by atoms with Crippen molar-refractivity contribution in [3.05, 3.63) is 67.6 Å². The monoisotopic (exact) mass is 698 g/mol. The maximum absolute atomic E-state index is 14.9. The molecule has 19 heteroatoms. The van der Waals surface area contributed by atoms with Crippen LogP contribution in [0, 0.1) is 23.3 Å². The summed E-state index contributed by atoms with van der Waals surface area (Å²) in [5, 5.41) is 0. The van der Waals surface area contributed by atoms with Crippen LogP contribution in [0.1, 0.15) is 11.1 Å². The van der Waals surface area contributed by atoms with Gasteiger partial charge in [-0.3, -0.25) is 0 Å². The quantitative estimate of drug-likeness (QED) is 0.274. The lowest BCUT2D eigenvalue weighted by atomic mass is 9.90. The molecule has 0 saturated heterocycles. The smallest absolute Gasteiger partial charge is 0.249 e. The molecule has 0 fully saturated rings. The highest BCUT2D eigenvalue weighted by atomic mass is 79.9. The van der Waals surface area contributed by atoms with Crippen molar-refractivity contribution in [2.75, 3.05) is 0 Å². The lowest BCUT2D eigenvalue weighted by Gasteiger charge is -2.40. The van der Waals surface area contributed by atoms with Crippen LogP contribution < -0.4 is 0 Å². The number of rotatable bonds is 6. The van der Waals surface area contributed by atoms with E-state index in [1.54, 1.807) is 0 Å². The molecule has 2 rings (SSSR count). The normalized spacial score (nSPS) is 16.9. The minimum atomic E-state index is -7.49. The highest BCUT2D eigenvalue weighted by molar-refractivity contribution is 9.10. The van der Waals surface area contributed by atoms with Crippen LogP contribution in [-0.4, -0.2) is 24.6 Å². The first-order valence-electron chi connectivity index (χ1n) is 8.62. The molecular formula is C18H4Br2F16O. The van der Waals surface area contributed by atoms with Gasteiger partial charge in [0, 0.05) is 8.95 Å². The van der Waals surface area contributed by atoms with Crippen LogP contribution >= 0.6 is 31.9 Å². The van der Waals surface area contributed by atoms with E-state index in [1.165, 1.54) is 0 Å². The summed E-state index contributed by atoms with van der Waals surface area (Å²) in [5.74, 6) is -11.3. The van der Waals surface area contributed by atoms with Crippen molar-refractivity contribution in [1.29, 1.82) is 0 Å². The molecule has 0 aliphatic rings. The first kappa shape index (κ1) is 31.5. The molecule has 2 aromatic carbocycles. The van der Waals surface area contributed by atoms with E-state index in [0.29, 0.717) is 0 Å². The first-order chi connectivity index (χ1) is 16.3. The standard InChI is InChI=1S/C18H4Br2F16O/c19-5-1-7(21)11(8(22)2-5)13(25,15(27,28)29)17(33,34)37-18(35,36)14(26,16(30,31)32)12-9(23)3-6(20)4-10(12)24/h1-4H/t13-,14-/m0/s1. The van der Waals surface area contributed by atoms with Crippen molar-refractivity contribution in [3.8, 4) is 0 Å². The Morgan fingerprint density at radius 2 is 0.676 bits per heavy atom. The molecule has 0 unspecified atom stereocenters. The molecular weight excluding hydrogens is 696 g/mol. The van der Waals surface area contributed by atoms with Gasteiger partial charge >= 0.3 is 35.9 Å². The van der Waals surface area contributed by atoms with Crippen molar-refractivity contribution < 1.29 is 75.0 Å². The van der Waals surface area contributed by atoms with Gasteiger partial charge in [0.1, 0.15) is 23.3 Å². The van der Waals surface area contributed by atoms with Gasteiger partial charge in [0.15, 0.2) is 0 Å². The minimum absolute atomic E-state index is 0.269. The van der Waals surface area contributed by atoms with Gasteiger partial charge in [-0.1, -0.05) is 31.9 Å². The molecule has 0 spiro atoms. The molecule has 0 aromatic heterocycles. The van der Waals surface area contributed by atoms with Gasteiger partial charge < -0.3 is 0 Å². The summed E-state index contributed by atoms with van der Waals surface area (Å²) in [6, 6.07) is -1.08. The number of hydrogen-bond donors (Lipinski definition) is 0. The predicted octanol–water partition coefficient (Wildman–Crippen LogP) is 9.12. The average molecular weight is 700 g/mol. The molecule has 0 heterocycles. The summed E-state index contributed by atoms with van der Waals surface area (Å²) in [4.78, 5) is 0. The van der Waals surface area contributed by atoms with Gasteiger partial charge in [-0.2, -0.15) is 43.9 Å². The van der Waals surface area contributed by atoms with E-state index in [1.807, 2.05) is 0 Å².